The summed E-state index contributed by atoms with van der Waals surface area (Å²) in [5, 5.41) is 1.20. The van der Waals surface area contributed by atoms with Crippen LogP contribution in [0.2, 0.25) is 0 Å². The number of H-pyrrole nitrogens is 1. The van der Waals surface area contributed by atoms with Crippen LogP contribution in [0, 0.1) is 0 Å². The Morgan fingerprint density at radius 1 is 1.45 bits per heavy atom. The summed E-state index contributed by atoms with van der Waals surface area (Å²) in [6.45, 7) is 2.64. The molecule has 1 aromatic carbocycles. The number of hydrogen-bond donors (Lipinski definition) is 1. The smallest absolute Gasteiger partial charge is 0.410 e. The fraction of sp³-hybridized carbons (Fsp3) is 0.471. The fourth-order valence-corrected chi connectivity index (χ4v) is 3.82. The first-order chi connectivity index (χ1) is 10.7. The summed E-state index contributed by atoms with van der Waals surface area (Å²) in [4.78, 5) is 17.5. The average molecular weight is 300 g/mol. The van der Waals surface area contributed by atoms with E-state index in [2.05, 4.69) is 24.0 Å². The summed E-state index contributed by atoms with van der Waals surface area (Å²) in [7, 11) is 1.69. The summed E-state index contributed by atoms with van der Waals surface area (Å²) < 4.78 is 10.6. The molecule has 1 fully saturated rings. The van der Waals surface area contributed by atoms with Crippen molar-refractivity contribution < 1.29 is 14.3 Å². The van der Waals surface area contributed by atoms with E-state index in [1.165, 1.54) is 16.6 Å². The van der Waals surface area contributed by atoms with Crippen molar-refractivity contribution in [2.45, 2.75) is 38.3 Å². The Balaban J connectivity index is 1.88. The van der Waals surface area contributed by atoms with E-state index in [0.29, 0.717) is 6.61 Å². The number of nitrogens with one attached hydrogen (secondary N) is 1. The van der Waals surface area contributed by atoms with Gasteiger partial charge >= 0.3 is 6.09 Å². The molecule has 2 atom stereocenters. The Labute approximate surface area is 129 Å². The second-order valence-corrected chi connectivity index (χ2v) is 6.08. The molecule has 5 nitrogen and oxygen atoms in total. The van der Waals surface area contributed by atoms with Gasteiger partial charge in [-0.15, -0.1) is 0 Å². The van der Waals surface area contributed by atoms with Gasteiger partial charge in [-0.2, -0.15) is 0 Å². The number of aromatic nitrogens is 1. The van der Waals surface area contributed by atoms with Crippen LogP contribution in [0.1, 0.15) is 37.1 Å². The molecule has 2 aliphatic heterocycles. The minimum atomic E-state index is -0.176. The number of benzene rings is 1. The Morgan fingerprint density at radius 3 is 3.09 bits per heavy atom. The third-order valence-electron chi connectivity index (χ3n) is 4.82. The predicted octanol–water partition coefficient (Wildman–Crippen LogP) is 3.39. The monoisotopic (exact) mass is 300 g/mol. The highest BCUT2D eigenvalue weighted by molar-refractivity contribution is 5.87. The number of fused-ring (bicyclic) bond motifs is 4. The SMILES string of the molecule is CCCC1c2[nH]c3ccc(OC)cc3c2CC2COC(=O)N21. The van der Waals surface area contributed by atoms with E-state index in [4.69, 9.17) is 9.47 Å². The van der Waals surface area contributed by atoms with Crippen molar-refractivity contribution in [3.8, 4) is 5.75 Å². The van der Waals surface area contributed by atoms with Gasteiger partial charge in [0, 0.05) is 16.6 Å². The predicted molar refractivity (Wildman–Crippen MR) is 83.2 cm³/mol. The molecule has 0 aliphatic carbocycles. The molecule has 3 heterocycles. The lowest BCUT2D eigenvalue weighted by Gasteiger charge is -2.35. The first-order valence-corrected chi connectivity index (χ1v) is 7.86. The number of methoxy groups -OCH3 is 1. The Bertz CT molecular complexity index is 737. The Morgan fingerprint density at radius 2 is 2.32 bits per heavy atom. The van der Waals surface area contributed by atoms with Crippen molar-refractivity contribution in [1.82, 2.24) is 9.88 Å². The number of ether oxygens (including phenoxy) is 2. The van der Waals surface area contributed by atoms with E-state index in [-0.39, 0.29) is 18.2 Å². The third kappa shape index (κ3) is 1.81. The zero-order valence-corrected chi connectivity index (χ0v) is 12.9. The molecule has 22 heavy (non-hydrogen) atoms. The molecule has 0 bridgehead atoms. The maximum Gasteiger partial charge on any atom is 0.410 e. The highest BCUT2D eigenvalue weighted by Gasteiger charge is 2.44. The van der Waals surface area contributed by atoms with Gasteiger partial charge in [0.2, 0.25) is 0 Å². The average Bonchev–Trinajstić information content (AvgIpc) is 3.08. The minimum Gasteiger partial charge on any atom is -0.497 e. The number of carbonyl (C=O) groups excluding carboxylic acids is 1. The van der Waals surface area contributed by atoms with Crippen LogP contribution in [0.4, 0.5) is 4.79 Å². The van der Waals surface area contributed by atoms with Crippen LogP contribution in [0.15, 0.2) is 18.2 Å². The molecule has 1 aromatic heterocycles. The molecule has 0 spiro atoms. The van der Waals surface area contributed by atoms with Crippen LogP contribution in [-0.4, -0.2) is 35.7 Å². The molecule has 116 valence electrons. The summed E-state index contributed by atoms with van der Waals surface area (Å²) in [6.07, 6.45) is 2.64. The number of rotatable bonds is 3. The quantitative estimate of drug-likeness (QED) is 0.945. The molecule has 0 radical (unpaired) electrons. The molecule has 4 rings (SSSR count). The van der Waals surface area contributed by atoms with Gasteiger partial charge < -0.3 is 14.5 Å². The lowest BCUT2D eigenvalue weighted by atomic mass is 9.91. The van der Waals surface area contributed by atoms with Gasteiger partial charge in [0.15, 0.2) is 0 Å². The summed E-state index contributed by atoms with van der Waals surface area (Å²) in [5.41, 5.74) is 3.59. The summed E-state index contributed by atoms with van der Waals surface area (Å²) in [6, 6.07) is 6.35. The van der Waals surface area contributed by atoms with Crippen LogP contribution in [0.25, 0.3) is 10.9 Å². The molecule has 1 N–H and O–H groups in total. The summed E-state index contributed by atoms with van der Waals surface area (Å²) in [5.74, 6) is 0.863. The number of hydrogen-bond acceptors (Lipinski definition) is 3. The highest BCUT2D eigenvalue weighted by atomic mass is 16.6. The molecule has 5 heteroatoms. The van der Waals surface area contributed by atoms with Gasteiger partial charge in [-0.1, -0.05) is 13.3 Å². The van der Waals surface area contributed by atoms with Gasteiger partial charge in [0.05, 0.1) is 19.2 Å². The molecule has 1 saturated heterocycles. The van der Waals surface area contributed by atoms with Gasteiger partial charge in [0.25, 0.3) is 0 Å². The standard InChI is InChI=1S/C17H20N2O3/c1-3-4-15-16-13(7-10-9-22-17(20)19(10)15)12-8-11(21-2)5-6-14(12)18-16/h5-6,8,10,15,18H,3-4,7,9H2,1-2H3. The number of aromatic amines is 1. The van der Waals surface area contributed by atoms with E-state index >= 15 is 0 Å². The van der Waals surface area contributed by atoms with Crippen molar-refractivity contribution >= 4 is 17.0 Å². The molecular weight excluding hydrogens is 280 g/mol. The van der Waals surface area contributed by atoms with Crippen molar-refractivity contribution in [3.63, 3.8) is 0 Å². The first kappa shape index (κ1) is 13.5. The second-order valence-electron chi connectivity index (χ2n) is 6.08. The minimum absolute atomic E-state index is 0.0899. The topological polar surface area (TPSA) is 54.6 Å². The van der Waals surface area contributed by atoms with Crippen molar-refractivity contribution in [3.05, 3.63) is 29.5 Å². The summed E-state index contributed by atoms with van der Waals surface area (Å²) >= 11 is 0. The van der Waals surface area contributed by atoms with Gasteiger partial charge in [-0.05, 0) is 36.6 Å². The van der Waals surface area contributed by atoms with Crippen molar-refractivity contribution in [1.29, 1.82) is 0 Å². The molecule has 2 unspecified atom stereocenters. The molecule has 0 saturated carbocycles. The van der Waals surface area contributed by atoms with Gasteiger partial charge in [-0.3, -0.25) is 4.90 Å². The normalized spacial score (nSPS) is 23.4. The number of amides is 1. The van der Waals surface area contributed by atoms with Gasteiger partial charge in [0.1, 0.15) is 12.4 Å². The third-order valence-corrected chi connectivity index (χ3v) is 4.82. The van der Waals surface area contributed by atoms with Crippen LogP contribution < -0.4 is 4.74 Å². The molecule has 2 aliphatic rings. The van der Waals surface area contributed by atoms with Crippen molar-refractivity contribution in [2.75, 3.05) is 13.7 Å². The molecule has 1 amide bonds. The van der Waals surface area contributed by atoms with Crippen LogP contribution >= 0.6 is 0 Å². The van der Waals surface area contributed by atoms with Crippen LogP contribution in [0.5, 0.6) is 5.75 Å². The largest absolute Gasteiger partial charge is 0.497 e. The molecular formula is C17H20N2O3. The number of carbonyl (C=O) groups is 1. The van der Waals surface area contributed by atoms with Gasteiger partial charge in [-0.25, -0.2) is 4.79 Å². The van der Waals surface area contributed by atoms with E-state index < -0.39 is 0 Å². The van der Waals surface area contributed by atoms with Crippen LogP contribution in [0.3, 0.4) is 0 Å². The second kappa shape index (κ2) is 4.93. The fourth-order valence-electron chi connectivity index (χ4n) is 3.82. The lowest BCUT2D eigenvalue weighted by Crippen LogP contribution is -2.42. The maximum absolute atomic E-state index is 12.1. The first-order valence-electron chi connectivity index (χ1n) is 7.86. The number of cyclic esters (lactones) is 1. The Hall–Kier alpha value is -2.17. The zero-order chi connectivity index (χ0) is 15.3. The van der Waals surface area contributed by atoms with E-state index in [9.17, 15) is 4.79 Å². The number of nitrogens with zero attached hydrogens (tertiary/aromatic N) is 1. The zero-order valence-electron chi connectivity index (χ0n) is 12.9. The lowest BCUT2D eigenvalue weighted by molar-refractivity contribution is 0.136. The highest BCUT2D eigenvalue weighted by Crippen LogP contribution is 2.42. The Kier molecular flexibility index (Phi) is 3.03. The molecule has 2 aromatic rings. The van der Waals surface area contributed by atoms with E-state index in [1.54, 1.807) is 7.11 Å². The maximum atomic E-state index is 12.1. The van der Waals surface area contributed by atoms with E-state index in [1.807, 2.05) is 11.0 Å². The van der Waals surface area contributed by atoms with Crippen LogP contribution in [-0.2, 0) is 11.2 Å². The van der Waals surface area contributed by atoms with E-state index in [0.717, 1.165) is 30.5 Å². The van der Waals surface area contributed by atoms with Crippen molar-refractivity contribution in [2.24, 2.45) is 0 Å².